The Balaban J connectivity index is 1.85. The zero-order valence-electron chi connectivity index (χ0n) is 12.2. The molecular formula is C18H19NO2. The number of anilines is 1. The van der Waals surface area contributed by atoms with E-state index in [1.165, 1.54) is 5.56 Å². The second kappa shape index (κ2) is 6.00. The average molecular weight is 281 g/mol. The molecule has 1 aliphatic rings. The predicted octanol–water partition coefficient (Wildman–Crippen LogP) is 3.43. The lowest BCUT2D eigenvalue weighted by Crippen LogP contribution is -2.40. The third-order valence-corrected chi connectivity index (χ3v) is 3.65. The first-order chi connectivity index (χ1) is 10.2. The lowest BCUT2D eigenvalue weighted by Gasteiger charge is -2.36. The van der Waals surface area contributed by atoms with Gasteiger partial charge in [-0.2, -0.15) is 0 Å². The maximum Gasteiger partial charge on any atom is 0.143 e. The maximum atomic E-state index is 11.4. The van der Waals surface area contributed by atoms with E-state index in [1.807, 2.05) is 24.3 Å². The van der Waals surface area contributed by atoms with E-state index in [4.69, 9.17) is 4.74 Å². The largest absolute Gasteiger partial charge is 0.486 e. The van der Waals surface area contributed by atoms with Crippen molar-refractivity contribution in [3.63, 3.8) is 0 Å². The molecule has 1 atom stereocenters. The third-order valence-electron chi connectivity index (χ3n) is 3.65. The first kappa shape index (κ1) is 13.7. The molecule has 0 radical (unpaired) electrons. The number of carbonyl (C=O) groups excluding carboxylic acids is 1. The zero-order chi connectivity index (χ0) is 14.7. The van der Waals surface area contributed by atoms with Crippen molar-refractivity contribution in [1.29, 1.82) is 0 Å². The Kier molecular flexibility index (Phi) is 3.91. The van der Waals surface area contributed by atoms with Gasteiger partial charge in [0.2, 0.25) is 0 Å². The van der Waals surface area contributed by atoms with E-state index in [9.17, 15) is 4.79 Å². The summed E-state index contributed by atoms with van der Waals surface area (Å²) in [6.07, 6.45) is 0.390. The van der Waals surface area contributed by atoms with Crippen LogP contribution in [0.1, 0.15) is 18.9 Å². The number of carbonyl (C=O) groups is 1. The van der Waals surface area contributed by atoms with Gasteiger partial charge in [0.15, 0.2) is 0 Å². The molecule has 0 N–H and O–H groups in total. The molecule has 0 spiro atoms. The number of Topliss-reactive ketones (excluding diaryl/α,β-unsaturated/α-hetero) is 1. The first-order valence-corrected chi connectivity index (χ1v) is 7.26. The number of ketones is 1. The van der Waals surface area contributed by atoms with E-state index in [-0.39, 0.29) is 11.9 Å². The Morgan fingerprint density at radius 1 is 1.14 bits per heavy atom. The number of benzene rings is 2. The highest BCUT2D eigenvalue weighted by atomic mass is 16.5. The number of ether oxygens (including phenoxy) is 1. The molecule has 108 valence electrons. The molecule has 0 saturated carbocycles. The molecule has 0 amide bonds. The normalized spacial score (nSPS) is 17.0. The van der Waals surface area contributed by atoms with Crippen LogP contribution in [0.25, 0.3) is 0 Å². The Bertz CT molecular complexity index is 624. The fourth-order valence-corrected chi connectivity index (χ4v) is 2.76. The van der Waals surface area contributed by atoms with Crippen molar-refractivity contribution in [3.05, 3.63) is 60.2 Å². The summed E-state index contributed by atoms with van der Waals surface area (Å²) < 4.78 is 5.95. The Labute approximate surface area is 125 Å². The van der Waals surface area contributed by atoms with Gasteiger partial charge in [0.1, 0.15) is 17.6 Å². The van der Waals surface area contributed by atoms with Crippen LogP contribution in [0.5, 0.6) is 5.75 Å². The van der Waals surface area contributed by atoms with Crippen LogP contribution in [-0.4, -0.2) is 18.4 Å². The van der Waals surface area contributed by atoms with E-state index in [1.54, 1.807) is 6.92 Å². The number of rotatable bonds is 4. The highest BCUT2D eigenvalue weighted by Gasteiger charge is 2.26. The molecule has 3 rings (SSSR count). The van der Waals surface area contributed by atoms with Crippen LogP contribution in [0, 0.1) is 0 Å². The van der Waals surface area contributed by atoms with Crippen molar-refractivity contribution in [1.82, 2.24) is 0 Å². The second-order valence-corrected chi connectivity index (χ2v) is 5.48. The van der Waals surface area contributed by atoms with E-state index >= 15 is 0 Å². The minimum absolute atomic E-state index is 0.0684. The van der Waals surface area contributed by atoms with Crippen LogP contribution >= 0.6 is 0 Å². The number of para-hydroxylation sites is 2. The number of hydrogen-bond acceptors (Lipinski definition) is 3. The number of hydrogen-bond donors (Lipinski definition) is 0. The molecule has 0 aliphatic carbocycles. The molecule has 0 fully saturated rings. The monoisotopic (exact) mass is 281 g/mol. The van der Waals surface area contributed by atoms with Crippen molar-refractivity contribution in [3.8, 4) is 5.75 Å². The smallest absolute Gasteiger partial charge is 0.143 e. The highest BCUT2D eigenvalue weighted by molar-refractivity contribution is 5.76. The van der Waals surface area contributed by atoms with Crippen LogP contribution in [0.2, 0.25) is 0 Å². The lowest BCUT2D eigenvalue weighted by atomic mass is 10.1. The van der Waals surface area contributed by atoms with Crippen LogP contribution in [0.4, 0.5) is 5.69 Å². The molecule has 3 heteroatoms. The van der Waals surface area contributed by atoms with E-state index in [0.29, 0.717) is 6.42 Å². The van der Waals surface area contributed by atoms with Gasteiger partial charge in [-0.3, -0.25) is 4.79 Å². The molecular weight excluding hydrogens is 262 g/mol. The van der Waals surface area contributed by atoms with Crippen molar-refractivity contribution in [2.24, 2.45) is 0 Å². The second-order valence-electron chi connectivity index (χ2n) is 5.48. The SMILES string of the molecule is CC(=O)C[C@H]1CN(Cc2ccccc2)c2ccccc2O1. The van der Waals surface area contributed by atoms with Gasteiger partial charge < -0.3 is 9.64 Å². The Morgan fingerprint density at radius 2 is 1.86 bits per heavy atom. The topological polar surface area (TPSA) is 29.5 Å². The van der Waals surface area contributed by atoms with Crippen molar-refractivity contribution in [2.45, 2.75) is 26.0 Å². The standard InChI is InChI=1S/C18H19NO2/c1-14(20)11-16-13-19(12-15-7-3-2-4-8-15)17-9-5-6-10-18(17)21-16/h2-10,16H,11-13H2,1H3/t16-/m0/s1. The summed E-state index contributed by atoms with van der Waals surface area (Å²) in [5.41, 5.74) is 2.36. The molecule has 1 aliphatic heterocycles. The van der Waals surface area contributed by atoms with E-state index < -0.39 is 0 Å². The molecule has 1 heterocycles. The van der Waals surface area contributed by atoms with Crippen molar-refractivity contribution < 1.29 is 9.53 Å². The fraction of sp³-hybridized carbons (Fsp3) is 0.278. The zero-order valence-corrected chi connectivity index (χ0v) is 12.2. The predicted molar refractivity (Wildman–Crippen MR) is 83.6 cm³/mol. The van der Waals surface area contributed by atoms with Gasteiger partial charge in [0.05, 0.1) is 12.2 Å². The molecule has 2 aromatic rings. The van der Waals surface area contributed by atoms with Crippen molar-refractivity contribution in [2.75, 3.05) is 11.4 Å². The third kappa shape index (κ3) is 3.24. The summed E-state index contributed by atoms with van der Waals surface area (Å²) >= 11 is 0. The summed E-state index contributed by atoms with van der Waals surface area (Å²) in [5.74, 6) is 1.03. The van der Waals surface area contributed by atoms with Gasteiger partial charge in [-0.1, -0.05) is 42.5 Å². The van der Waals surface area contributed by atoms with Gasteiger partial charge in [-0.15, -0.1) is 0 Å². The Morgan fingerprint density at radius 3 is 2.62 bits per heavy atom. The molecule has 2 aromatic carbocycles. The minimum Gasteiger partial charge on any atom is -0.486 e. The van der Waals surface area contributed by atoms with Gasteiger partial charge in [0.25, 0.3) is 0 Å². The summed E-state index contributed by atoms with van der Waals surface area (Å²) in [5, 5.41) is 0. The average Bonchev–Trinajstić information content (AvgIpc) is 2.47. The van der Waals surface area contributed by atoms with E-state index in [2.05, 4.69) is 35.2 Å². The summed E-state index contributed by atoms with van der Waals surface area (Å²) in [4.78, 5) is 13.7. The number of fused-ring (bicyclic) bond motifs is 1. The molecule has 0 bridgehead atoms. The molecule has 0 saturated heterocycles. The van der Waals surface area contributed by atoms with Crippen molar-refractivity contribution >= 4 is 11.5 Å². The fourth-order valence-electron chi connectivity index (χ4n) is 2.76. The minimum atomic E-state index is -0.0684. The maximum absolute atomic E-state index is 11.4. The molecule has 21 heavy (non-hydrogen) atoms. The van der Waals surface area contributed by atoms with Crippen LogP contribution < -0.4 is 9.64 Å². The van der Waals surface area contributed by atoms with Crippen LogP contribution in [0.15, 0.2) is 54.6 Å². The van der Waals surface area contributed by atoms with Crippen LogP contribution in [0.3, 0.4) is 0 Å². The summed E-state index contributed by atoms with van der Waals surface area (Å²) in [7, 11) is 0. The molecule has 3 nitrogen and oxygen atoms in total. The highest BCUT2D eigenvalue weighted by Crippen LogP contribution is 2.34. The van der Waals surface area contributed by atoms with Gasteiger partial charge in [-0.25, -0.2) is 0 Å². The van der Waals surface area contributed by atoms with Gasteiger partial charge >= 0.3 is 0 Å². The first-order valence-electron chi connectivity index (χ1n) is 7.26. The Hall–Kier alpha value is -2.29. The number of nitrogens with zero attached hydrogens (tertiary/aromatic N) is 1. The van der Waals surface area contributed by atoms with Gasteiger partial charge in [0, 0.05) is 13.0 Å². The quantitative estimate of drug-likeness (QED) is 0.860. The lowest BCUT2D eigenvalue weighted by molar-refractivity contribution is -0.118. The van der Waals surface area contributed by atoms with E-state index in [0.717, 1.165) is 24.5 Å². The molecule has 0 aromatic heterocycles. The van der Waals surface area contributed by atoms with Crippen LogP contribution in [-0.2, 0) is 11.3 Å². The van der Waals surface area contributed by atoms with Gasteiger partial charge in [-0.05, 0) is 24.6 Å². The molecule has 0 unspecified atom stereocenters. The summed E-state index contributed by atoms with van der Waals surface area (Å²) in [6, 6.07) is 18.4. The summed E-state index contributed by atoms with van der Waals surface area (Å²) in [6.45, 7) is 3.19.